The first-order valence-corrected chi connectivity index (χ1v) is 13.4. The molecule has 0 radical (unpaired) electrons. The highest BCUT2D eigenvalue weighted by atomic mass is 79.9. The third-order valence-electron chi connectivity index (χ3n) is 5.66. The number of rotatable bonds is 9. The molecule has 2 amide bonds. The van der Waals surface area contributed by atoms with Crippen LogP contribution in [0, 0.1) is 12.7 Å². The van der Waals surface area contributed by atoms with Crippen molar-refractivity contribution >= 4 is 43.5 Å². The van der Waals surface area contributed by atoms with Crippen molar-refractivity contribution in [2.75, 3.05) is 17.9 Å². The van der Waals surface area contributed by atoms with Crippen molar-refractivity contribution in [1.29, 1.82) is 0 Å². The summed E-state index contributed by atoms with van der Waals surface area (Å²) in [7, 11) is -2.68. The van der Waals surface area contributed by atoms with Gasteiger partial charge in [-0.05, 0) is 61.9 Å². The molecule has 0 aromatic heterocycles. The van der Waals surface area contributed by atoms with Gasteiger partial charge in [-0.3, -0.25) is 13.9 Å². The zero-order valence-corrected chi connectivity index (χ0v) is 22.5. The second-order valence-electron chi connectivity index (χ2n) is 8.24. The smallest absolute Gasteiger partial charge is 0.264 e. The van der Waals surface area contributed by atoms with E-state index in [2.05, 4.69) is 21.2 Å². The Balaban J connectivity index is 2.02. The van der Waals surface area contributed by atoms with Crippen LogP contribution in [0.4, 0.5) is 10.1 Å². The molecule has 0 aliphatic rings. The molecule has 3 aromatic carbocycles. The minimum Gasteiger partial charge on any atom is -0.357 e. The number of carbonyl (C=O) groups is 2. The SMILES string of the molecule is CNC(=O)C(C)N(Cc1ccc(F)cc1)C(=O)CN(c1cccc(Br)c1)S(=O)(=O)c1ccc(C)cc1. The number of nitrogens with one attached hydrogen (secondary N) is 1. The van der Waals surface area contributed by atoms with Crippen molar-refractivity contribution in [3.8, 4) is 0 Å². The Bertz CT molecular complexity index is 1330. The third kappa shape index (κ3) is 6.50. The molecule has 0 spiro atoms. The fourth-order valence-corrected chi connectivity index (χ4v) is 5.37. The van der Waals surface area contributed by atoms with Gasteiger partial charge in [0.05, 0.1) is 10.6 Å². The van der Waals surface area contributed by atoms with Gasteiger partial charge in [-0.15, -0.1) is 0 Å². The molecule has 0 aliphatic carbocycles. The topological polar surface area (TPSA) is 86.8 Å². The van der Waals surface area contributed by atoms with E-state index in [9.17, 15) is 22.4 Å². The number of sulfonamides is 1. The lowest BCUT2D eigenvalue weighted by Gasteiger charge is -2.31. The van der Waals surface area contributed by atoms with Crippen LogP contribution >= 0.6 is 15.9 Å². The van der Waals surface area contributed by atoms with Gasteiger partial charge in [0.15, 0.2) is 0 Å². The molecule has 1 unspecified atom stereocenters. The maximum absolute atomic E-state index is 13.7. The number of anilines is 1. The Labute approximate surface area is 219 Å². The molecule has 7 nitrogen and oxygen atoms in total. The van der Waals surface area contributed by atoms with Gasteiger partial charge >= 0.3 is 0 Å². The van der Waals surface area contributed by atoms with E-state index >= 15 is 0 Å². The van der Waals surface area contributed by atoms with E-state index in [1.807, 2.05) is 6.92 Å². The van der Waals surface area contributed by atoms with Crippen LogP contribution in [-0.2, 0) is 26.2 Å². The lowest BCUT2D eigenvalue weighted by Crippen LogP contribution is -2.50. The van der Waals surface area contributed by atoms with Crippen LogP contribution in [0.2, 0.25) is 0 Å². The van der Waals surface area contributed by atoms with Crippen molar-refractivity contribution in [2.24, 2.45) is 0 Å². The van der Waals surface area contributed by atoms with Crippen LogP contribution in [0.5, 0.6) is 0 Å². The minimum absolute atomic E-state index is 0.00932. The fraction of sp³-hybridized carbons (Fsp3) is 0.231. The molecule has 36 heavy (non-hydrogen) atoms. The first-order chi connectivity index (χ1) is 17.0. The number of hydrogen-bond acceptors (Lipinski definition) is 4. The highest BCUT2D eigenvalue weighted by Crippen LogP contribution is 2.27. The van der Waals surface area contributed by atoms with Crippen LogP contribution in [-0.4, -0.2) is 44.8 Å². The lowest BCUT2D eigenvalue weighted by atomic mass is 10.1. The number of nitrogens with zero attached hydrogens (tertiary/aromatic N) is 2. The average molecular weight is 576 g/mol. The van der Waals surface area contributed by atoms with Crippen molar-refractivity contribution in [1.82, 2.24) is 10.2 Å². The van der Waals surface area contributed by atoms with Gasteiger partial charge in [-0.25, -0.2) is 12.8 Å². The van der Waals surface area contributed by atoms with Crippen LogP contribution in [0.15, 0.2) is 82.2 Å². The molecule has 1 N–H and O–H groups in total. The van der Waals surface area contributed by atoms with Gasteiger partial charge in [-0.1, -0.05) is 51.8 Å². The van der Waals surface area contributed by atoms with E-state index in [1.165, 1.54) is 48.3 Å². The summed E-state index contributed by atoms with van der Waals surface area (Å²) in [5.41, 5.74) is 1.77. The summed E-state index contributed by atoms with van der Waals surface area (Å²) < 4.78 is 42.5. The summed E-state index contributed by atoms with van der Waals surface area (Å²) in [6.07, 6.45) is 0. The predicted octanol–water partition coefficient (Wildman–Crippen LogP) is 4.26. The number of amides is 2. The van der Waals surface area contributed by atoms with E-state index in [0.29, 0.717) is 10.0 Å². The molecule has 3 rings (SSSR count). The number of aryl methyl sites for hydroxylation is 1. The van der Waals surface area contributed by atoms with Gasteiger partial charge in [0.1, 0.15) is 18.4 Å². The summed E-state index contributed by atoms with van der Waals surface area (Å²) in [4.78, 5) is 27.4. The molecule has 0 bridgehead atoms. The molecule has 0 saturated carbocycles. The molecule has 1 atom stereocenters. The molecule has 10 heteroatoms. The Hall–Kier alpha value is -3.24. The van der Waals surface area contributed by atoms with Crippen molar-refractivity contribution < 1.29 is 22.4 Å². The number of likely N-dealkylation sites (N-methyl/N-ethyl adjacent to an activating group) is 1. The number of carbonyl (C=O) groups excluding carboxylic acids is 2. The van der Waals surface area contributed by atoms with Gasteiger partial charge in [-0.2, -0.15) is 0 Å². The Kier molecular flexibility index (Phi) is 8.86. The summed E-state index contributed by atoms with van der Waals surface area (Å²) in [5, 5.41) is 2.52. The fourth-order valence-electron chi connectivity index (χ4n) is 3.58. The lowest BCUT2D eigenvalue weighted by molar-refractivity contribution is -0.139. The Morgan fingerprint density at radius 3 is 2.25 bits per heavy atom. The van der Waals surface area contributed by atoms with Crippen LogP contribution < -0.4 is 9.62 Å². The monoisotopic (exact) mass is 575 g/mol. The second-order valence-corrected chi connectivity index (χ2v) is 11.0. The molecule has 0 fully saturated rings. The molecule has 0 aliphatic heterocycles. The zero-order chi connectivity index (χ0) is 26.5. The standard InChI is InChI=1S/C26H27BrFN3O4S/c1-18-7-13-24(14-8-18)36(34,35)31(23-6-4-5-21(27)15-23)17-25(32)30(19(2)26(33)29-3)16-20-9-11-22(28)12-10-20/h4-15,19H,16-17H2,1-3H3,(H,29,33). The Morgan fingerprint density at radius 2 is 1.67 bits per heavy atom. The van der Waals surface area contributed by atoms with E-state index in [4.69, 9.17) is 0 Å². The number of halogens is 2. The maximum atomic E-state index is 13.7. The largest absolute Gasteiger partial charge is 0.357 e. The highest BCUT2D eigenvalue weighted by Gasteiger charge is 2.32. The van der Waals surface area contributed by atoms with E-state index in [0.717, 1.165) is 9.87 Å². The summed E-state index contributed by atoms with van der Waals surface area (Å²) in [6.45, 7) is 2.84. The van der Waals surface area contributed by atoms with Gasteiger partial charge in [0, 0.05) is 18.1 Å². The Morgan fingerprint density at radius 1 is 1.03 bits per heavy atom. The molecule has 0 saturated heterocycles. The summed E-state index contributed by atoms with van der Waals surface area (Å²) >= 11 is 3.36. The van der Waals surface area contributed by atoms with Gasteiger partial charge in [0.2, 0.25) is 11.8 Å². The van der Waals surface area contributed by atoms with Crippen molar-refractivity contribution in [2.45, 2.75) is 31.3 Å². The zero-order valence-electron chi connectivity index (χ0n) is 20.1. The maximum Gasteiger partial charge on any atom is 0.264 e. The number of benzene rings is 3. The molecule has 0 heterocycles. The van der Waals surface area contributed by atoms with Crippen LogP contribution in [0.3, 0.4) is 0 Å². The second kappa shape index (κ2) is 11.7. The number of hydrogen-bond donors (Lipinski definition) is 1. The molecular formula is C26H27BrFN3O4S. The third-order valence-corrected chi connectivity index (χ3v) is 7.95. The minimum atomic E-state index is -4.13. The first-order valence-electron chi connectivity index (χ1n) is 11.1. The predicted molar refractivity (Wildman–Crippen MR) is 140 cm³/mol. The van der Waals surface area contributed by atoms with E-state index < -0.39 is 40.2 Å². The van der Waals surface area contributed by atoms with Crippen molar-refractivity contribution in [3.63, 3.8) is 0 Å². The normalized spacial score (nSPS) is 12.0. The quantitative estimate of drug-likeness (QED) is 0.413. The average Bonchev–Trinajstić information content (AvgIpc) is 2.86. The van der Waals surface area contributed by atoms with Crippen LogP contribution in [0.1, 0.15) is 18.1 Å². The van der Waals surface area contributed by atoms with E-state index in [1.54, 1.807) is 43.3 Å². The summed E-state index contributed by atoms with van der Waals surface area (Å²) in [5.74, 6) is -1.44. The van der Waals surface area contributed by atoms with Crippen molar-refractivity contribution in [3.05, 3.63) is 94.2 Å². The van der Waals surface area contributed by atoms with Gasteiger partial charge in [0.25, 0.3) is 10.0 Å². The first kappa shape index (κ1) is 27.3. The molecule has 3 aromatic rings. The molecular weight excluding hydrogens is 549 g/mol. The summed E-state index contributed by atoms with van der Waals surface area (Å²) in [6, 6.07) is 17.6. The van der Waals surface area contributed by atoms with E-state index in [-0.39, 0.29) is 17.1 Å². The molecule has 190 valence electrons. The highest BCUT2D eigenvalue weighted by molar-refractivity contribution is 9.10. The van der Waals surface area contributed by atoms with Gasteiger partial charge < -0.3 is 10.2 Å². The van der Waals surface area contributed by atoms with Crippen LogP contribution in [0.25, 0.3) is 0 Å².